The molecule has 1 atom stereocenters. The SMILES string of the molecule is Fc1cccc2c1CC(S)C2. The minimum absolute atomic E-state index is 0.0703. The largest absolute Gasteiger partial charge is 0.207 e. The van der Waals surface area contributed by atoms with Gasteiger partial charge in [-0.05, 0) is 30.0 Å². The van der Waals surface area contributed by atoms with Crippen molar-refractivity contribution in [2.45, 2.75) is 18.1 Å². The summed E-state index contributed by atoms with van der Waals surface area (Å²) in [5, 5.41) is 0.321. The standard InChI is InChI=1S/C9H9FS/c10-9-3-1-2-6-4-7(11)5-8(6)9/h1-3,7,11H,4-5H2. The molecule has 0 spiro atoms. The third-order valence-corrected chi connectivity index (χ3v) is 2.48. The van der Waals surface area contributed by atoms with E-state index >= 15 is 0 Å². The summed E-state index contributed by atoms with van der Waals surface area (Å²) < 4.78 is 13.0. The van der Waals surface area contributed by atoms with E-state index in [0.717, 1.165) is 24.0 Å². The smallest absolute Gasteiger partial charge is 0.126 e. The first kappa shape index (κ1) is 7.17. The Morgan fingerprint density at radius 3 is 2.91 bits per heavy atom. The number of halogens is 1. The first-order valence-corrected chi connectivity index (χ1v) is 4.23. The zero-order valence-corrected chi connectivity index (χ0v) is 6.94. The number of thiol groups is 1. The number of hydrogen-bond donors (Lipinski definition) is 1. The minimum atomic E-state index is -0.0703. The Labute approximate surface area is 70.8 Å². The van der Waals surface area contributed by atoms with E-state index in [1.54, 1.807) is 6.07 Å². The van der Waals surface area contributed by atoms with Crippen LogP contribution in [0.4, 0.5) is 4.39 Å². The van der Waals surface area contributed by atoms with Crippen molar-refractivity contribution in [2.24, 2.45) is 0 Å². The zero-order valence-electron chi connectivity index (χ0n) is 6.05. The van der Waals surface area contributed by atoms with Crippen molar-refractivity contribution in [1.29, 1.82) is 0 Å². The Kier molecular flexibility index (Phi) is 1.64. The van der Waals surface area contributed by atoms with Gasteiger partial charge >= 0.3 is 0 Å². The predicted octanol–water partition coefficient (Wildman–Crippen LogP) is 2.22. The molecule has 0 aromatic heterocycles. The summed E-state index contributed by atoms with van der Waals surface area (Å²) in [5.74, 6) is -0.0703. The molecule has 1 aliphatic carbocycles. The molecular formula is C9H9FS. The van der Waals surface area contributed by atoms with Gasteiger partial charge in [-0.25, -0.2) is 4.39 Å². The lowest BCUT2D eigenvalue weighted by Gasteiger charge is -1.97. The van der Waals surface area contributed by atoms with Crippen molar-refractivity contribution in [3.63, 3.8) is 0 Å². The third kappa shape index (κ3) is 1.16. The van der Waals surface area contributed by atoms with E-state index in [2.05, 4.69) is 12.6 Å². The second-order valence-electron chi connectivity index (χ2n) is 2.94. The van der Waals surface area contributed by atoms with E-state index in [0.29, 0.717) is 5.25 Å². The lowest BCUT2D eigenvalue weighted by atomic mass is 10.1. The molecule has 0 heterocycles. The second kappa shape index (κ2) is 2.52. The first-order valence-electron chi connectivity index (χ1n) is 3.71. The van der Waals surface area contributed by atoms with E-state index in [-0.39, 0.29) is 5.82 Å². The van der Waals surface area contributed by atoms with Gasteiger partial charge in [-0.2, -0.15) is 12.6 Å². The fourth-order valence-corrected chi connectivity index (χ4v) is 1.96. The molecule has 0 aliphatic heterocycles. The minimum Gasteiger partial charge on any atom is -0.207 e. The molecule has 1 aromatic carbocycles. The molecule has 11 heavy (non-hydrogen) atoms. The summed E-state index contributed by atoms with van der Waals surface area (Å²) in [7, 11) is 0. The summed E-state index contributed by atoms with van der Waals surface area (Å²) >= 11 is 4.32. The highest BCUT2D eigenvalue weighted by molar-refractivity contribution is 7.81. The zero-order chi connectivity index (χ0) is 7.84. The molecule has 0 saturated heterocycles. The molecule has 2 rings (SSSR count). The Bertz CT molecular complexity index is 283. The number of fused-ring (bicyclic) bond motifs is 1. The lowest BCUT2D eigenvalue weighted by Crippen LogP contribution is -1.94. The van der Waals surface area contributed by atoms with E-state index in [1.807, 2.05) is 6.07 Å². The average Bonchev–Trinajstić information content (AvgIpc) is 2.31. The van der Waals surface area contributed by atoms with Gasteiger partial charge in [-0.15, -0.1) is 0 Å². The molecule has 0 bridgehead atoms. The first-order chi connectivity index (χ1) is 5.27. The van der Waals surface area contributed by atoms with E-state index in [4.69, 9.17) is 0 Å². The molecule has 0 saturated carbocycles. The predicted molar refractivity (Wildman–Crippen MR) is 46.6 cm³/mol. The maximum Gasteiger partial charge on any atom is 0.126 e. The van der Waals surface area contributed by atoms with Crippen LogP contribution in [0.5, 0.6) is 0 Å². The van der Waals surface area contributed by atoms with Gasteiger partial charge in [0.25, 0.3) is 0 Å². The second-order valence-corrected chi connectivity index (χ2v) is 3.67. The van der Waals surface area contributed by atoms with Crippen molar-refractivity contribution in [3.8, 4) is 0 Å². The van der Waals surface area contributed by atoms with Gasteiger partial charge in [0, 0.05) is 5.25 Å². The summed E-state index contributed by atoms with van der Waals surface area (Å²) in [6.07, 6.45) is 1.70. The highest BCUT2D eigenvalue weighted by atomic mass is 32.1. The molecule has 0 N–H and O–H groups in total. The normalized spacial score (nSPS) is 21.8. The van der Waals surface area contributed by atoms with Crippen molar-refractivity contribution in [3.05, 3.63) is 35.1 Å². The molecule has 58 valence electrons. The quantitative estimate of drug-likeness (QED) is 0.564. The van der Waals surface area contributed by atoms with Crippen molar-refractivity contribution >= 4 is 12.6 Å². The Morgan fingerprint density at radius 2 is 2.18 bits per heavy atom. The molecule has 0 nitrogen and oxygen atoms in total. The van der Waals surface area contributed by atoms with Crippen LogP contribution in [0.2, 0.25) is 0 Å². The monoisotopic (exact) mass is 168 g/mol. The average molecular weight is 168 g/mol. The van der Waals surface area contributed by atoms with Crippen LogP contribution in [-0.4, -0.2) is 5.25 Å². The van der Waals surface area contributed by atoms with Crippen LogP contribution >= 0.6 is 12.6 Å². The molecule has 1 aromatic rings. The van der Waals surface area contributed by atoms with Crippen LogP contribution in [0.25, 0.3) is 0 Å². The Balaban J connectivity index is 2.49. The highest BCUT2D eigenvalue weighted by Crippen LogP contribution is 2.26. The Hall–Kier alpha value is -0.500. The summed E-state index contributed by atoms with van der Waals surface area (Å²) in [5.41, 5.74) is 2.00. The van der Waals surface area contributed by atoms with Crippen molar-refractivity contribution in [2.75, 3.05) is 0 Å². The van der Waals surface area contributed by atoms with Crippen molar-refractivity contribution in [1.82, 2.24) is 0 Å². The van der Waals surface area contributed by atoms with E-state index < -0.39 is 0 Å². The number of hydrogen-bond acceptors (Lipinski definition) is 1. The fourth-order valence-electron chi connectivity index (χ4n) is 1.58. The van der Waals surface area contributed by atoms with Gasteiger partial charge in [0.05, 0.1) is 0 Å². The topological polar surface area (TPSA) is 0 Å². The Morgan fingerprint density at radius 1 is 1.36 bits per heavy atom. The van der Waals surface area contributed by atoms with Crippen LogP contribution in [-0.2, 0) is 12.8 Å². The molecular weight excluding hydrogens is 159 g/mol. The van der Waals surface area contributed by atoms with Gasteiger partial charge in [0.1, 0.15) is 5.82 Å². The van der Waals surface area contributed by atoms with Gasteiger partial charge in [0.2, 0.25) is 0 Å². The van der Waals surface area contributed by atoms with Crippen molar-refractivity contribution < 1.29 is 4.39 Å². The highest BCUT2D eigenvalue weighted by Gasteiger charge is 2.20. The third-order valence-electron chi connectivity index (χ3n) is 2.11. The fraction of sp³-hybridized carbons (Fsp3) is 0.333. The van der Waals surface area contributed by atoms with E-state index in [9.17, 15) is 4.39 Å². The molecule has 1 aliphatic rings. The van der Waals surface area contributed by atoms with Crippen LogP contribution in [0, 0.1) is 5.82 Å². The van der Waals surface area contributed by atoms with Crippen LogP contribution in [0.3, 0.4) is 0 Å². The molecule has 0 fully saturated rings. The van der Waals surface area contributed by atoms with Crippen LogP contribution < -0.4 is 0 Å². The number of rotatable bonds is 0. The lowest BCUT2D eigenvalue weighted by molar-refractivity contribution is 0.613. The van der Waals surface area contributed by atoms with Gasteiger partial charge in [0.15, 0.2) is 0 Å². The van der Waals surface area contributed by atoms with Gasteiger partial charge < -0.3 is 0 Å². The summed E-state index contributed by atoms with van der Waals surface area (Å²) in [4.78, 5) is 0. The maximum atomic E-state index is 13.0. The molecule has 1 unspecified atom stereocenters. The number of benzene rings is 1. The van der Waals surface area contributed by atoms with E-state index in [1.165, 1.54) is 6.07 Å². The van der Waals surface area contributed by atoms with Crippen LogP contribution in [0.15, 0.2) is 18.2 Å². The van der Waals surface area contributed by atoms with Crippen LogP contribution in [0.1, 0.15) is 11.1 Å². The van der Waals surface area contributed by atoms with Gasteiger partial charge in [-0.1, -0.05) is 12.1 Å². The van der Waals surface area contributed by atoms with Gasteiger partial charge in [-0.3, -0.25) is 0 Å². The molecule has 0 amide bonds. The molecule has 2 heteroatoms. The summed E-state index contributed by atoms with van der Waals surface area (Å²) in [6.45, 7) is 0. The maximum absolute atomic E-state index is 13.0. The summed E-state index contributed by atoms with van der Waals surface area (Å²) in [6, 6.07) is 5.26. The molecule has 0 radical (unpaired) electrons.